The molecular formula is C13H28N2O2S. The van der Waals surface area contributed by atoms with Gasteiger partial charge < -0.3 is 10.2 Å². The van der Waals surface area contributed by atoms with E-state index in [9.17, 15) is 8.42 Å². The summed E-state index contributed by atoms with van der Waals surface area (Å²) in [5, 5.41) is 3.06. The highest BCUT2D eigenvalue weighted by molar-refractivity contribution is 7.92. The Bertz CT molecular complexity index is 344. The molecule has 0 saturated carbocycles. The van der Waals surface area contributed by atoms with Crippen molar-refractivity contribution in [3.63, 3.8) is 0 Å². The lowest BCUT2D eigenvalue weighted by Gasteiger charge is -2.38. The number of nitrogens with one attached hydrogen (secondary N) is 1. The van der Waals surface area contributed by atoms with Gasteiger partial charge in [-0.05, 0) is 52.2 Å². The summed E-state index contributed by atoms with van der Waals surface area (Å²) in [4.78, 5) is 2.35. The molecule has 108 valence electrons. The third-order valence-corrected chi connectivity index (χ3v) is 6.24. The minimum absolute atomic E-state index is 0.251. The van der Waals surface area contributed by atoms with E-state index in [1.165, 1.54) is 12.8 Å². The molecule has 0 aromatic heterocycles. The first kappa shape index (κ1) is 15.9. The van der Waals surface area contributed by atoms with Crippen molar-refractivity contribution >= 4 is 9.84 Å². The zero-order valence-electron chi connectivity index (χ0n) is 12.2. The van der Waals surface area contributed by atoms with Gasteiger partial charge in [0.25, 0.3) is 0 Å². The van der Waals surface area contributed by atoms with Crippen molar-refractivity contribution in [1.29, 1.82) is 0 Å². The Morgan fingerprint density at radius 1 is 1.28 bits per heavy atom. The number of hydrogen-bond donors (Lipinski definition) is 1. The van der Waals surface area contributed by atoms with Gasteiger partial charge in [0.05, 0.1) is 11.0 Å². The van der Waals surface area contributed by atoms with Crippen molar-refractivity contribution < 1.29 is 8.42 Å². The number of likely N-dealkylation sites (tertiary alicyclic amines) is 1. The Balaban J connectivity index is 2.26. The van der Waals surface area contributed by atoms with Gasteiger partial charge in [0.1, 0.15) is 0 Å². The van der Waals surface area contributed by atoms with E-state index in [-0.39, 0.29) is 11.0 Å². The summed E-state index contributed by atoms with van der Waals surface area (Å²) in [6.45, 7) is 9.57. The first-order chi connectivity index (χ1) is 8.25. The second-order valence-corrected chi connectivity index (χ2v) is 8.88. The Hall–Kier alpha value is -0.130. The van der Waals surface area contributed by atoms with Crippen molar-refractivity contribution in [2.75, 3.05) is 39.0 Å². The van der Waals surface area contributed by atoms with Gasteiger partial charge >= 0.3 is 0 Å². The molecule has 0 aromatic rings. The summed E-state index contributed by atoms with van der Waals surface area (Å²) in [7, 11) is -0.745. The van der Waals surface area contributed by atoms with Gasteiger partial charge in [0.2, 0.25) is 0 Å². The fourth-order valence-corrected chi connectivity index (χ4v) is 3.08. The van der Waals surface area contributed by atoms with Crippen LogP contribution in [-0.4, -0.2) is 57.5 Å². The number of piperidine rings is 1. The molecular weight excluding hydrogens is 248 g/mol. The van der Waals surface area contributed by atoms with E-state index in [0.29, 0.717) is 12.0 Å². The maximum Gasteiger partial charge on any atom is 0.153 e. The molecule has 1 saturated heterocycles. The topological polar surface area (TPSA) is 49.4 Å². The average molecular weight is 276 g/mol. The highest BCUT2D eigenvalue weighted by Crippen LogP contribution is 2.29. The summed E-state index contributed by atoms with van der Waals surface area (Å²) in [6.07, 6.45) is 2.38. The van der Waals surface area contributed by atoms with Gasteiger partial charge in [-0.1, -0.05) is 6.92 Å². The van der Waals surface area contributed by atoms with Crippen LogP contribution in [0, 0.1) is 5.41 Å². The highest BCUT2D eigenvalue weighted by Gasteiger charge is 2.28. The number of sulfone groups is 1. The molecule has 0 amide bonds. The van der Waals surface area contributed by atoms with E-state index < -0.39 is 9.84 Å². The van der Waals surface area contributed by atoms with E-state index in [0.717, 1.165) is 19.6 Å². The first-order valence-corrected chi connectivity index (χ1v) is 8.58. The van der Waals surface area contributed by atoms with Crippen molar-refractivity contribution in [1.82, 2.24) is 10.2 Å². The maximum absolute atomic E-state index is 11.7. The van der Waals surface area contributed by atoms with Crippen LogP contribution >= 0.6 is 0 Å². The van der Waals surface area contributed by atoms with Gasteiger partial charge in [-0.3, -0.25) is 0 Å². The summed E-state index contributed by atoms with van der Waals surface area (Å²) in [6, 6.07) is 0. The Morgan fingerprint density at radius 3 is 2.33 bits per heavy atom. The van der Waals surface area contributed by atoms with Gasteiger partial charge in [0.15, 0.2) is 9.84 Å². The van der Waals surface area contributed by atoms with E-state index in [2.05, 4.69) is 24.2 Å². The van der Waals surface area contributed by atoms with Crippen LogP contribution in [0.15, 0.2) is 0 Å². The van der Waals surface area contributed by atoms with E-state index >= 15 is 0 Å². The number of rotatable bonds is 6. The fourth-order valence-electron chi connectivity index (χ4n) is 2.18. The minimum atomic E-state index is -2.90. The second-order valence-electron chi connectivity index (χ2n) is 6.21. The van der Waals surface area contributed by atoms with E-state index in [1.54, 1.807) is 13.8 Å². The fraction of sp³-hybridized carbons (Fsp3) is 1.00. The lowest BCUT2D eigenvalue weighted by molar-refractivity contribution is 0.138. The SMILES string of the molecule is CC(C)S(=O)(=O)CCNCC1(C)CCN(C)CC1. The number of nitrogens with zero attached hydrogens (tertiary/aromatic N) is 1. The van der Waals surface area contributed by atoms with Crippen LogP contribution in [-0.2, 0) is 9.84 Å². The van der Waals surface area contributed by atoms with Crippen LogP contribution < -0.4 is 5.32 Å². The summed E-state index contributed by atoms with van der Waals surface area (Å²) >= 11 is 0. The van der Waals surface area contributed by atoms with Crippen LogP contribution in [0.2, 0.25) is 0 Å². The Morgan fingerprint density at radius 2 is 1.83 bits per heavy atom. The molecule has 0 aliphatic carbocycles. The highest BCUT2D eigenvalue weighted by atomic mass is 32.2. The summed E-state index contributed by atoms with van der Waals surface area (Å²) in [5.74, 6) is 0.251. The Kier molecular flexibility index (Phi) is 5.62. The molecule has 0 unspecified atom stereocenters. The minimum Gasteiger partial charge on any atom is -0.315 e. The van der Waals surface area contributed by atoms with Crippen LogP contribution in [0.1, 0.15) is 33.6 Å². The van der Waals surface area contributed by atoms with Crippen molar-refractivity contribution in [3.05, 3.63) is 0 Å². The third-order valence-electron chi connectivity index (χ3n) is 4.03. The smallest absolute Gasteiger partial charge is 0.153 e. The standard InChI is InChI=1S/C13H28N2O2S/c1-12(2)18(16,17)10-7-14-11-13(3)5-8-15(4)9-6-13/h12,14H,5-11H2,1-4H3. The second kappa shape index (κ2) is 6.35. The maximum atomic E-state index is 11.7. The molecule has 1 rings (SSSR count). The zero-order valence-corrected chi connectivity index (χ0v) is 13.0. The quantitative estimate of drug-likeness (QED) is 0.739. The molecule has 1 fully saturated rings. The predicted octanol–water partition coefficient (Wildman–Crippen LogP) is 1.13. The van der Waals surface area contributed by atoms with Crippen LogP contribution in [0.25, 0.3) is 0 Å². The zero-order chi connectivity index (χ0) is 13.8. The third kappa shape index (κ3) is 4.86. The van der Waals surface area contributed by atoms with Crippen molar-refractivity contribution in [2.24, 2.45) is 5.41 Å². The van der Waals surface area contributed by atoms with E-state index in [4.69, 9.17) is 0 Å². The number of hydrogen-bond acceptors (Lipinski definition) is 4. The Labute approximate surface area is 112 Å². The van der Waals surface area contributed by atoms with E-state index in [1.807, 2.05) is 0 Å². The molecule has 1 N–H and O–H groups in total. The average Bonchev–Trinajstić information content (AvgIpc) is 2.29. The van der Waals surface area contributed by atoms with Crippen molar-refractivity contribution in [3.8, 4) is 0 Å². The molecule has 4 nitrogen and oxygen atoms in total. The molecule has 18 heavy (non-hydrogen) atoms. The molecule has 0 spiro atoms. The van der Waals surface area contributed by atoms with Crippen LogP contribution in [0.4, 0.5) is 0 Å². The normalized spacial score (nSPS) is 21.4. The lowest BCUT2D eigenvalue weighted by Crippen LogP contribution is -2.43. The van der Waals surface area contributed by atoms with Crippen LogP contribution in [0.3, 0.4) is 0 Å². The van der Waals surface area contributed by atoms with Gasteiger partial charge in [-0.25, -0.2) is 8.42 Å². The van der Waals surface area contributed by atoms with Gasteiger partial charge in [-0.2, -0.15) is 0 Å². The summed E-state index contributed by atoms with van der Waals surface area (Å²) in [5.41, 5.74) is 0.327. The molecule has 1 aliphatic heterocycles. The van der Waals surface area contributed by atoms with Gasteiger partial charge in [-0.15, -0.1) is 0 Å². The molecule has 1 heterocycles. The molecule has 1 aliphatic rings. The molecule has 0 aromatic carbocycles. The molecule has 0 bridgehead atoms. The predicted molar refractivity (Wildman–Crippen MR) is 76.6 cm³/mol. The van der Waals surface area contributed by atoms with Crippen LogP contribution in [0.5, 0.6) is 0 Å². The molecule has 0 atom stereocenters. The largest absolute Gasteiger partial charge is 0.315 e. The van der Waals surface area contributed by atoms with Crippen molar-refractivity contribution in [2.45, 2.75) is 38.9 Å². The van der Waals surface area contributed by atoms with Gasteiger partial charge in [0, 0.05) is 13.1 Å². The molecule has 0 radical (unpaired) electrons. The lowest BCUT2D eigenvalue weighted by atomic mass is 9.80. The first-order valence-electron chi connectivity index (χ1n) is 6.86. The monoisotopic (exact) mass is 276 g/mol. The molecule has 5 heteroatoms. The summed E-state index contributed by atoms with van der Waals surface area (Å²) < 4.78 is 23.3.